The summed E-state index contributed by atoms with van der Waals surface area (Å²) in [6, 6.07) is 14.1. The molecule has 2 rings (SSSR count). The maximum atomic E-state index is 11.9. The van der Waals surface area contributed by atoms with Crippen LogP contribution in [0.2, 0.25) is 0 Å². The summed E-state index contributed by atoms with van der Waals surface area (Å²) in [6.45, 7) is 2.92. The highest BCUT2D eigenvalue weighted by Gasteiger charge is 2.09. The van der Waals surface area contributed by atoms with Gasteiger partial charge in [0.1, 0.15) is 6.61 Å². The Kier molecular flexibility index (Phi) is 13.2. The van der Waals surface area contributed by atoms with Gasteiger partial charge in [-0.3, -0.25) is 9.59 Å². The fourth-order valence-corrected chi connectivity index (χ4v) is 3.79. The predicted octanol–water partition coefficient (Wildman–Crippen LogP) is 7.52. The number of benzene rings is 2. The molecule has 32 heavy (non-hydrogen) atoms. The van der Waals surface area contributed by atoms with Crippen molar-refractivity contribution in [3.05, 3.63) is 48.0 Å². The molecular weight excluding hydrogens is 400 g/mol. The smallest absolute Gasteiger partial charge is 0.306 e. The number of unbranched alkanes of at least 4 members (excludes halogenated alkanes) is 10. The Labute approximate surface area is 193 Å². The van der Waals surface area contributed by atoms with Gasteiger partial charge in [-0.15, -0.1) is 0 Å². The maximum absolute atomic E-state index is 11.9. The lowest BCUT2D eigenvalue weighted by molar-refractivity contribution is -0.151. The third-order valence-corrected chi connectivity index (χ3v) is 5.76. The molecule has 0 aliphatic heterocycles. The van der Waals surface area contributed by atoms with E-state index in [1.165, 1.54) is 57.8 Å². The second kappa shape index (κ2) is 16.3. The zero-order valence-corrected chi connectivity index (χ0v) is 19.8. The lowest BCUT2D eigenvalue weighted by Gasteiger charge is -2.07. The summed E-state index contributed by atoms with van der Waals surface area (Å²) in [5.74, 6) is -0.690. The van der Waals surface area contributed by atoms with E-state index >= 15 is 0 Å². The summed E-state index contributed by atoms with van der Waals surface area (Å²) in [5.41, 5.74) is 0.941. The monoisotopic (exact) mass is 440 g/mol. The first-order chi connectivity index (χ1) is 15.7. The summed E-state index contributed by atoms with van der Waals surface area (Å²) in [4.78, 5) is 23.7. The largest absolute Gasteiger partial charge is 0.466 e. The highest BCUT2D eigenvalue weighted by molar-refractivity contribution is 5.83. The number of carbonyl (C=O) groups excluding carboxylic acids is 2. The first kappa shape index (κ1) is 25.9. The van der Waals surface area contributed by atoms with Gasteiger partial charge in [0.2, 0.25) is 0 Å². The van der Waals surface area contributed by atoms with E-state index in [0.29, 0.717) is 6.61 Å². The minimum absolute atomic E-state index is 0.0602. The normalized spacial score (nSPS) is 10.9. The first-order valence-corrected chi connectivity index (χ1v) is 12.5. The van der Waals surface area contributed by atoms with Gasteiger partial charge in [-0.2, -0.15) is 0 Å². The topological polar surface area (TPSA) is 52.6 Å². The third-order valence-electron chi connectivity index (χ3n) is 5.76. The van der Waals surface area contributed by atoms with Gasteiger partial charge in [0, 0.05) is 0 Å². The van der Waals surface area contributed by atoms with Crippen LogP contribution in [0.4, 0.5) is 0 Å². The molecule has 0 aliphatic carbocycles. The van der Waals surface area contributed by atoms with E-state index in [1.807, 2.05) is 42.5 Å². The average Bonchev–Trinajstić information content (AvgIpc) is 2.82. The summed E-state index contributed by atoms with van der Waals surface area (Å²) < 4.78 is 10.5. The second-order valence-electron chi connectivity index (χ2n) is 8.60. The Balaban J connectivity index is 1.43. The Bertz CT molecular complexity index is 799. The van der Waals surface area contributed by atoms with Crippen LogP contribution >= 0.6 is 0 Å². The molecule has 0 amide bonds. The van der Waals surface area contributed by atoms with Gasteiger partial charge in [0.05, 0.1) is 19.4 Å². The number of hydrogen-bond acceptors (Lipinski definition) is 4. The van der Waals surface area contributed by atoms with Crippen LogP contribution in [-0.4, -0.2) is 18.5 Å². The van der Waals surface area contributed by atoms with Crippen LogP contribution in [0, 0.1) is 0 Å². The Hall–Kier alpha value is -2.36. The molecule has 0 radical (unpaired) electrons. The maximum Gasteiger partial charge on any atom is 0.306 e. The van der Waals surface area contributed by atoms with Gasteiger partial charge >= 0.3 is 11.9 Å². The van der Waals surface area contributed by atoms with Gasteiger partial charge in [0.25, 0.3) is 0 Å². The highest BCUT2D eigenvalue weighted by atomic mass is 16.5. The summed E-state index contributed by atoms with van der Waals surface area (Å²) >= 11 is 0. The van der Waals surface area contributed by atoms with Crippen molar-refractivity contribution in [3.63, 3.8) is 0 Å². The van der Waals surface area contributed by atoms with E-state index in [4.69, 9.17) is 9.47 Å². The quantitative estimate of drug-likeness (QED) is 0.188. The molecule has 4 nitrogen and oxygen atoms in total. The van der Waals surface area contributed by atoms with Crippen molar-refractivity contribution >= 4 is 22.7 Å². The third kappa shape index (κ3) is 11.3. The molecule has 0 spiro atoms. The molecular formula is C28H40O4. The van der Waals surface area contributed by atoms with E-state index in [-0.39, 0.29) is 31.4 Å². The van der Waals surface area contributed by atoms with Crippen LogP contribution in [0.3, 0.4) is 0 Å². The van der Waals surface area contributed by atoms with Crippen molar-refractivity contribution in [1.82, 2.24) is 0 Å². The molecule has 0 bridgehead atoms. The predicted molar refractivity (Wildman–Crippen MR) is 130 cm³/mol. The van der Waals surface area contributed by atoms with Gasteiger partial charge in [-0.05, 0) is 28.8 Å². The van der Waals surface area contributed by atoms with Crippen LogP contribution < -0.4 is 0 Å². The van der Waals surface area contributed by atoms with Crippen molar-refractivity contribution in [3.8, 4) is 0 Å². The Morgan fingerprint density at radius 1 is 0.656 bits per heavy atom. The fraction of sp³-hybridized carbons (Fsp3) is 0.571. The zero-order valence-electron chi connectivity index (χ0n) is 19.8. The number of fused-ring (bicyclic) bond motifs is 1. The van der Waals surface area contributed by atoms with Crippen LogP contribution in [0.15, 0.2) is 42.5 Å². The molecule has 0 saturated carbocycles. The van der Waals surface area contributed by atoms with Crippen molar-refractivity contribution in [2.45, 2.75) is 97.0 Å². The lowest BCUT2D eigenvalue weighted by atomic mass is 10.1. The molecule has 0 aromatic heterocycles. The SMILES string of the molecule is CCCCCCCCCCCCCOC(=O)CCC(=O)OCc1ccc2ccccc2c1. The number of rotatable bonds is 17. The van der Waals surface area contributed by atoms with E-state index in [2.05, 4.69) is 6.92 Å². The van der Waals surface area contributed by atoms with Crippen molar-refractivity contribution in [1.29, 1.82) is 0 Å². The fourth-order valence-electron chi connectivity index (χ4n) is 3.79. The molecule has 2 aromatic carbocycles. The molecule has 0 atom stereocenters. The molecule has 4 heteroatoms. The van der Waals surface area contributed by atoms with Crippen LogP contribution in [0.25, 0.3) is 10.8 Å². The van der Waals surface area contributed by atoms with Crippen molar-refractivity contribution < 1.29 is 19.1 Å². The van der Waals surface area contributed by atoms with E-state index in [9.17, 15) is 9.59 Å². The van der Waals surface area contributed by atoms with Crippen molar-refractivity contribution in [2.75, 3.05) is 6.61 Å². The molecule has 0 aliphatic rings. The molecule has 176 valence electrons. The summed E-state index contributed by atoms with van der Waals surface area (Å²) in [6.07, 6.45) is 14.0. The lowest BCUT2D eigenvalue weighted by Crippen LogP contribution is -2.11. The zero-order chi connectivity index (χ0) is 22.9. The summed E-state index contributed by atoms with van der Waals surface area (Å²) in [5, 5.41) is 2.27. The van der Waals surface area contributed by atoms with Gasteiger partial charge < -0.3 is 9.47 Å². The van der Waals surface area contributed by atoms with Crippen LogP contribution in [0.5, 0.6) is 0 Å². The number of esters is 2. The van der Waals surface area contributed by atoms with E-state index in [1.54, 1.807) is 0 Å². The van der Waals surface area contributed by atoms with E-state index < -0.39 is 0 Å². The minimum atomic E-state index is -0.371. The number of carbonyl (C=O) groups is 2. The van der Waals surface area contributed by atoms with E-state index in [0.717, 1.165) is 29.2 Å². The van der Waals surface area contributed by atoms with Crippen LogP contribution in [0.1, 0.15) is 96.0 Å². The molecule has 2 aromatic rings. The first-order valence-electron chi connectivity index (χ1n) is 12.5. The van der Waals surface area contributed by atoms with Crippen molar-refractivity contribution in [2.24, 2.45) is 0 Å². The Morgan fingerprint density at radius 3 is 1.88 bits per heavy atom. The summed E-state index contributed by atoms with van der Waals surface area (Å²) in [7, 11) is 0. The Morgan fingerprint density at radius 2 is 1.22 bits per heavy atom. The molecule has 0 heterocycles. The van der Waals surface area contributed by atoms with Gasteiger partial charge in [-0.25, -0.2) is 0 Å². The minimum Gasteiger partial charge on any atom is -0.466 e. The molecule has 0 N–H and O–H groups in total. The number of ether oxygens (including phenoxy) is 2. The molecule has 0 unspecified atom stereocenters. The van der Waals surface area contributed by atoms with Crippen LogP contribution in [-0.2, 0) is 25.7 Å². The standard InChI is InChI=1S/C28H40O4/c1-2-3-4-5-6-7-8-9-10-11-14-21-31-27(29)19-20-28(30)32-23-24-17-18-25-15-12-13-16-26(25)22-24/h12-13,15-18,22H,2-11,14,19-21,23H2,1H3. The van der Waals surface area contributed by atoms with Gasteiger partial charge in [-0.1, -0.05) is 108 Å². The number of hydrogen-bond donors (Lipinski definition) is 0. The average molecular weight is 441 g/mol. The highest BCUT2D eigenvalue weighted by Crippen LogP contribution is 2.16. The second-order valence-corrected chi connectivity index (χ2v) is 8.60. The molecule has 0 saturated heterocycles. The molecule has 0 fully saturated rings. The van der Waals surface area contributed by atoms with Gasteiger partial charge in [0.15, 0.2) is 0 Å².